The molecule has 0 atom stereocenters. The van der Waals surface area contributed by atoms with Gasteiger partial charge in [0.15, 0.2) is 9.84 Å². The smallest absolute Gasteiger partial charge is 0.192 e. The molecule has 1 aromatic carbocycles. The number of nitriles is 1. The fourth-order valence-corrected chi connectivity index (χ4v) is 4.49. The summed E-state index contributed by atoms with van der Waals surface area (Å²) >= 11 is 13.2. The predicted molar refractivity (Wildman–Crippen MR) is 91.7 cm³/mol. The molecular formula is C15H11Cl2NO2S2. The van der Waals surface area contributed by atoms with E-state index in [1.807, 2.05) is 13.0 Å². The third-order valence-corrected chi connectivity index (χ3v) is 5.95. The van der Waals surface area contributed by atoms with Crippen molar-refractivity contribution >= 4 is 50.5 Å². The lowest BCUT2D eigenvalue weighted by atomic mass is 10.2. The Hall–Kier alpha value is -1.32. The molecule has 1 heterocycles. The Morgan fingerprint density at radius 3 is 2.59 bits per heavy atom. The van der Waals surface area contributed by atoms with E-state index >= 15 is 0 Å². The molecule has 0 aliphatic heterocycles. The molecule has 2 rings (SSSR count). The molecule has 7 heteroatoms. The van der Waals surface area contributed by atoms with Gasteiger partial charge in [0.2, 0.25) is 0 Å². The van der Waals surface area contributed by atoms with Crippen LogP contribution in [0, 0.1) is 18.3 Å². The van der Waals surface area contributed by atoms with Crippen LogP contribution in [-0.2, 0) is 15.6 Å². The van der Waals surface area contributed by atoms with Crippen molar-refractivity contribution in [3.05, 3.63) is 60.6 Å². The van der Waals surface area contributed by atoms with Crippen molar-refractivity contribution < 1.29 is 8.42 Å². The molecule has 0 unspecified atom stereocenters. The lowest BCUT2D eigenvalue weighted by molar-refractivity contribution is 0.602. The molecule has 3 nitrogen and oxygen atoms in total. The number of nitrogens with zero attached hydrogens (tertiary/aromatic N) is 1. The summed E-state index contributed by atoms with van der Waals surface area (Å²) in [5, 5.41) is 9.87. The van der Waals surface area contributed by atoms with Crippen molar-refractivity contribution in [1.29, 1.82) is 5.26 Å². The number of allylic oxidation sites excluding steroid dienone is 1. The zero-order valence-electron chi connectivity index (χ0n) is 11.5. The first-order valence-electron chi connectivity index (χ1n) is 6.17. The largest absolute Gasteiger partial charge is 0.223 e. The summed E-state index contributed by atoms with van der Waals surface area (Å²) in [5.74, 6) is -0.341. The van der Waals surface area contributed by atoms with E-state index < -0.39 is 9.84 Å². The average molecular weight is 372 g/mol. The van der Waals surface area contributed by atoms with Crippen molar-refractivity contribution in [3.63, 3.8) is 0 Å². The van der Waals surface area contributed by atoms with Gasteiger partial charge in [0.1, 0.15) is 11.0 Å². The molecule has 0 saturated carbocycles. The van der Waals surface area contributed by atoms with Crippen LogP contribution in [0.4, 0.5) is 0 Å². The summed E-state index contributed by atoms with van der Waals surface area (Å²) in [5.41, 5.74) is 0.412. The van der Waals surface area contributed by atoms with E-state index in [2.05, 4.69) is 0 Å². The second-order valence-corrected chi connectivity index (χ2v) is 8.68. The lowest BCUT2D eigenvalue weighted by Gasteiger charge is -2.05. The fraction of sp³-hybridized carbons (Fsp3) is 0.133. The number of thiophene rings is 1. The first kappa shape index (κ1) is 17.0. The molecule has 0 N–H and O–H groups in total. The van der Waals surface area contributed by atoms with E-state index in [0.29, 0.717) is 10.6 Å². The third-order valence-electron chi connectivity index (χ3n) is 2.84. The summed E-state index contributed by atoms with van der Waals surface area (Å²) < 4.78 is 24.8. The van der Waals surface area contributed by atoms with Gasteiger partial charge in [0, 0.05) is 19.8 Å². The molecule has 0 radical (unpaired) electrons. The van der Waals surface area contributed by atoms with E-state index in [0.717, 1.165) is 9.75 Å². The van der Waals surface area contributed by atoms with Gasteiger partial charge in [-0.05, 0) is 42.8 Å². The average Bonchev–Trinajstić information content (AvgIpc) is 2.84. The van der Waals surface area contributed by atoms with Crippen LogP contribution in [-0.4, -0.2) is 8.42 Å². The minimum atomic E-state index is -3.77. The summed E-state index contributed by atoms with van der Waals surface area (Å²) in [6.45, 7) is 1.91. The highest BCUT2D eigenvalue weighted by Crippen LogP contribution is 2.26. The molecule has 0 aliphatic rings. The van der Waals surface area contributed by atoms with E-state index in [1.165, 1.54) is 23.5 Å². The van der Waals surface area contributed by atoms with Crippen LogP contribution in [0.3, 0.4) is 0 Å². The van der Waals surface area contributed by atoms with Gasteiger partial charge in [-0.3, -0.25) is 0 Å². The molecule has 0 spiro atoms. The highest BCUT2D eigenvalue weighted by Gasteiger charge is 2.20. The number of aryl methyl sites for hydroxylation is 1. The number of hydrogen-bond donors (Lipinski definition) is 0. The highest BCUT2D eigenvalue weighted by molar-refractivity contribution is 7.95. The minimum absolute atomic E-state index is 0.264. The number of hydrogen-bond acceptors (Lipinski definition) is 4. The first-order valence-corrected chi connectivity index (χ1v) is 9.39. The van der Waals surface area contributed by atoms with Crippen molar-refractivity contribution in [3.8, 4) is 6.07 Å². The monoisotopic (exact) mass is 371 g/mol. The van der Waals surface area contributed by atoms with E-state index in [4.69, 9.17) is 23.2 Å². The van der Waals surface area contributed by atoms with Crippen LogP contribution in [0.15, 0.2) is 35.2 Å². The quantitative estimate of drug-likeness (QED) is 0.722. The first-order chi connectivity index (χ1) is 10.3. The zero-order valence-corrected chi connectivity index (χ0v) is 14.7. The highest BCUT2D eigenvalue weighted by atomic mass is 35.5. The number of halogens is 2. The second kappa shape index (κ2) is 6.84. The fourth-order valence-electron chi connectivity index (χ4n) is 1.77. The van der Waals surface area contributed by atoms with Crippen molar-refractivity contribution in [1.82, 2.24) is 0 Å². The minimum Gasteiger partial charge on any atom is -0.223 e. The van der Waals surface area contributed by atoms with Crippen LogP contribution in [0.25, 0.3) is 6.08 Å². The van der Waals surface area contributed by atoms with Gasteiger partial charge in [0.25, 0.3) is 0 Å². The Bertz CT molecular complexity index is 877. The van der Waals surface area contributed by atoms with Crippen LogP contribution in [0.2, 0.25) is 10.0 Å². The Morgan fingerprint density at radius 1 is 1.32 bits per heavy atom. The zero-order chi connectivity index (χ0) is 16.3. The van der Waals surface area contributed by atoms with E-state index in [1.54, 1.807) is 24.3 Å². The number of rotatable bonds is 4. The topological polar surface area (TPSA) is 57.9 Å². The molecular weight excluding hydrogens is 361 g/mol. The van der Waals surface area contributed by atoms with Gasteiger partial charge in [-0.2, -0.15) is 5.26 Å². The van der Waals surface area contributed by atoms with E-state index in [-0.39, 0.29) is 15.7 Å². The van der Waals surface area contributed by atoms with Gasteiger partial charge in [-0.1, -0.05) is 29.3 Å². The van der Waals surface area contributed by atoms with Gasteiger partial charge in [-0.25, -0.2) is 8.42 Å². The Kier molecular flexibility index (Phi) is 5.30. The standard InChI is InChI=1S/C15H11Cl2NO2S2/c1-10-2-5-13(21-10)7-14(8-18)22(19,20)9-11-3-4-12(16)6-15(11)17/h2-7H,9H2,1H3/b14-7+. The summed E-state index contributed by atoms with van der Waals surface area (Å²) in [7, 11) is -3.77. The van der Waals surface area contributed by atoms with Gasteiger partial charge in [0.05, 0.1) is 5.75 Å². The molecule has 0 fully saturated rings. The maximum atomic E-state index is 12.4. The van der Waals surface area contributed by atoms with Gasteiger partial charge in [-0.15, -0.1) is 11.3 Å². The van der Waals surface area contributed by atoms with Gasteiger partial charge < -0.3 is 0 Å². The summed E-state index contributed by atoms with van der Waals surface area (Å²) in [6, 6.07) is 10.0. The maximum absolute atomic E-state index is 12.4. The molecule has 2 aromatic rings. The molecule has 22 heavy (non-hydrogen) atoms. The molecule has 0 bridgehead atoms. The number of benzene rings is 1. The second-order valence-electron chi connectivity index (χ2n) is 4.56. The third kappa shape index (κ3) is 4.11. The van der Waals surface area contributed by atoms with Gasteiger partial charge >= 0.3 is 0 Å². The van der Waals surface area contributed by atoms with Crippen LogP contribution in [0.5, 0.6) is 0 Å². The maximum Gasteiger partial charge on any atom is 0.192 e. The molecule has 114 valence electrons. The van der Waals surface area contributed by atoms with Crippen LogP contribution < -0.4 is 0 Å². The number of sulfone groups is 1. The Morgan fingerprint density at radius 2 is 2.05 bits per heavy atom. The SMILES string of the molecule is Cc1ccc(/C=C(\C#N)S(=O)(=O)Cc2ccc(Cl)cc2Cl)s1. The molecule has 0 aliphatic carbocycles. The summed E-state index contributed by atoms with van der Waals surface area (Å²) in [4.78, 5) is 1.49. The molecule has 1 aromatic heterocycles. The van der Waals surface area contributed by atoms with Crippen molar-refractivity contribution in [2.75, 3.05) is 0 Å². The van der Waals surface area contributed by atoms with Crippen LogP contribution in [0.1, 0.15) is 15.3 Å². The van der Waals surface area contributed by atoms with Crippen molar-refractivity contribution in [2.45, 2.75) is 12.7 Å². The summed E-state index contributed by atoms with van der Waals surface area (Å²) in [6.07, 6.45) is 1.39. The predicted octanol–water partition coefficient (Wildman–Crippen LogP) is 4.84. The van der Waals surface area contributed by atoms with Crippen LogP contribution >= 0.6 is 34.5 Å². The normalized spacial score (nSPS) is 12.2. The van der Waals surface area contributed by atoms with Crippen molar-refractivity contribution in [2.24, 2.45) is 0 Å². The molecule has 0 saturated heterocycles. The Balaban J connectivity index is 2.35. The lowest BCUT2D eigenvalue weighted by Crippen LogP contribution is -2.06. The Labute approximate surface area is 143 Å². The molecule has 0 amide bonds. The van der Waals surface area contributed by atoms with E-state index in [9.17, 15) is 13.7 Å².